The quantitative estimate of drug-likeness (QED) is 0.0551. The van der Waals surface area contributed by atoms with Gasteiger partial charge in [0.05, 0.1) is 62.5 Å². The van der Waals surface area contributed by atoms with E-state index in [1.54, 1.807) is 10.6 Å². The van der Waals surface area contributed by atoms with Gasteiger partial charge in [-0.1, -0.05) is 78.9 Å². The normalized spacial score (nSPS) is 23.5. The molecule has 340 valence electrons. The van der Waals surface area contributed by atoms with E-state index in [0.717, 1.165) is 11.6 Å². The highest BCUT2D eigenvalue weighted by Crippen LogP contribution is 2.56. The maximum absolute atomic E-state index is 12.3. The summed E-state index contributed by atoms with van der Waals surface area (Å²) >= 11 is 0. The van der Waals surface area contributed by atoms with Crippen molar-refractivity contribution in [3.8, 4) is 51.7 Å². The third kappa shape index (κ3) is 5.63. The smallest absolute Gasteiger partial charge is 0.201 e. The molecule has 0 saturated carbocycles. The second kappa shape index (κ2) is 14.8. The van der Waals surface area contributed by atoms with Crippen molar-refractivity contribution in [1.82, 2.24) is 25.3 Å². The van der Waals surface area contributed by atoms with Gasteiger partial charge < -0.3 is 69.7 Å². The largest absolute Gasteiger partial charge is 0.508 e. The Hall–Kier alpha value is -8.00. The maximum atomic E-state index is 12.3. The lowest BCUT2D eigenvalue weighted by molar-refractivity contribution is 0.0477. The number of phenols is 9. The molecule has 3 aromatic heterocycles. The minimum absolute atomic E-state index is 0.00790. The SMILES string of the molecule is [B]c1c(O)c2c3c(O)c(O)c(O)cc3n(C3C=CC=CC3)c2c2c1c1c(n2C2C=CC(C3NNC(c4ccccc4)N3)=CC2c2cc(O)c(O)c3c2oc2c(O)cc(O)c(O)c23)C=CC(O)C1O. The Kier molecular flexibility index (Phi) is 8.99. The molecule has 1 fully saturated rings. The number of aromatic nitrogens is 2. The summed E-state index contributed by atoms with van der Waals surface area (Å²) in [6.07, 6.45) is 12.7. The summed E-state index contributed by atoms with van der Waals surface area (Å²) in [6, 6.07) is 11.7. The second-order valence-corrected chi connectivity index (χ2v) is 17.5. The van der Waals surface area contributed by atoms with Crippen LogP contribution in [0, 0.1) is 0 Å². The first-order chi connectivity index (χ1) is 32.7. The van der Waals surface area contributed by atoms with Crippen LogP contribution in [0.4, 0.5) is 0 Å². The molecule has 7 unspecified atom stereocenters. The van der Waals surface area contributed by atoms with Gasteiger partial charge in [-0.2, -0.15) is 0 Å². The predicted molar refractivity (Wildman–Crippen MR) is 252 cm³/mol. The Morgan fingerprint density at radius 2 is 1.34 bits per heavy atom. The van der Waals surface area contributed by atoms with Gasteiger partial charge in [0.2, 0.25) is 5.75 Å². The van der Waals surface area contributed by atoms with Crippen molar-refractivity contribution in [2.45, 2.75) is 49.0 Å². The van der Waals surface area contributed by atoms with Crippen LogP contribution in [0.15, 0.2) is 107 Å². The number of benzene rings is 5. The average Bonchev–Trinajstić information content (AvgIpc) is 4.14. The van der Waals surface area contributed by atoms with Gasteiger partial charge in [0.15, 0.2) is 45.8 Å². The van der Waals surface area contributed by atoms with Gasteiger partial charge in [0, 0.05) is 40.3 Å². The number of nitrogens with zero attached hydrogens (tertiary/aromatic N) is 2. The van der Waals surface area contributed by atoms with Crippen LogP contribution in [0.2, 0.25) is 0 Å². The molecule has 5 aromatic carbocycles. The highest BCUT2D eigenvalue weighted by molar-refractivity contribution is 6.45. The Labute approximate surface area is 384 Å². The van der Waals surface area contributed by atoms with Gasteiger partial charge >= 0.3 is 0 Å². The second-order valence-electron chi connectivity index (χ2n) is 17.5. The van der Waals surface area contributed by atoms with E-state index in [9.17, 15) is 56.2 Å². The molecule has 4 heterocycles. The molecule has 3 aliphatic carbocycles. The Bertz CT molecular complexity index is 3680. The first-order valence-corrected chi connectivity index (χ1v) is 21.7. The molecule has 2 radical (unpaired) electrons. The number of hydrazine groups is 1. The van der Waals surface area contributed by atoms with E-state index in [-0.39, 0.29) is 71.9 Å². The topological polar surface area (TPSA) is 282 Å². The number of furan rings is 1. The van der Waals surface area contributed by atoms with Crippen molar-refractivity contribution in [1.29, 1.82) is 0 Å². The fraction of sp³-hybridized carbons (Fsp3) is 0.160. The highest BCUT2D eigenvalue weighted by Gasteiger charge is 2.41. The molecule has 7 atom stereocenters. The summed E-state index contributed by atoms with van der Waals surface area (Å²) in [5, 5.41) is 128. The number of hydrogen-bond acceptors (Lipinski definition) is 15. The number of aliphatic hydroxyl groups excluding tert-OH is 2. The minimum Gasteiger partial charge on any atom is -0.508 e. The Balaban J connectivity index is 1.20. The predicted octanol–water partition coefficient (Wildman–Crippen LogP) is 5.81. The van der Waals surface area contributed by atoms with E-state index >= 15 is 0 Å². The van der Waals surface area contributed by atoms with Gasteiger partial charge in [0.1, 0.15) is 31.4 Å². The third-order valence-electron chi connectivity index (χ3n) is 13.8. The summed E-state index contributed by atoms with van der Waals surface area (Å²) < 4.78 is 9.96. The molecule has 0 amide bonds. The van der Waals surface area contributed by atoms with Crippen LogP contribution in [-0.4, -0.2) is 85.4 Å². The van der Waals surface area contributed by atoms with Crippen LogP contribution in [0.1, 0.15) is 59.1 Å². The fourth-order valence-electron chi connectivity index (χ4n) is 10.8. The third-order valence-corrected chi connectivity index (χ3v) is 13.8. The van der Waals surface area contributed by atoms with Gasteiger partial charge in [-0.05, 0) is 35.2 Å². The van der Waals surface area contributed by atoms with Gasteiger partial charge in [-0.25, -0.2) is 10.9 Å². The van der Waals surface area contributed by atoms with Crippen molar-refractivity contribution in [3.05, 3.63) is 125 Å². The zero-order chi connectivity index (χ0) is 47.2. The van der Waals surface area contributed by atoms with Crippen molar-refractivity contribution >= 4 is 74.0 Å². The van der Waals surface area contributed by atoms with E-state index in [4.69, 9.17) is 12.3 Å². The number of rotatable bonds is 5. The summed E-state index contributed by atoms with van der Waals surface area (Å²) in [5.74, 6) is -6.99. The highest BCUT2D eigenvalue weighted by atomic mass is 16.4. The molecule has 14 N–H and O–H groups in total. The molecule has 17 nitrogen and oxygen atoms in total. The summed E-state index contributed by atoms with van der Waals surface area (Å²) in [4.78, 5) is 0. The van der Waals surface area contributed by atoms with E-state index < -0.39 is 88.1 Å². The molecule has 0 spiro atoms. The molecule has 12 rings (SSSR count). The number of allylic oxidation sites excluding steroid dienone is 6. The van der Waals surface area contributed by atoms with E-state index in [0.29, 0.717) is 23.2 Å². The fourth-order valence-corrected chi connectivity index (χ4v) is 10.8. The van der Waals surface area contributed by atoms with Crippen LogP contribution in [0.25, 0.3) is 60.7 Å². The van der Waals surface area contributed by atoms with Crippen LogP contribution < -0.4 is 21.6 Å². The number of fused-ring (bicyclic) bond motifs is 10. The summed E-state index contributed by atoms with van der Waals surface area (Å²) in [5.41, 5.74) is 9.09. The van der Waals surface area contributed by atoms with Crippen molar-refractivity contribution < 1.29 is 60.6 Å². The Morgan fingerprint density at radius 1 is 0.632 bits per heavy atom. The van der Waals surface area contributed by atoms with Crippen LogP contribution in [-0.2, 0) is 0 Å². The van der Waals surface area contributed by atoms with E-state index in [2.05, 4.69) is 16.2 Å². The van der Waals surface area contributed by atoms with Crippen molar-refractivity contribution in [2.75, 3.05) is 0 Å². The lowest BCUT2D eigenvalue weighted by Gasteiger charge is -2.32. The Morgan fingerprint density at radius 3 is 2.09 bits per heavy atom. The average molecular weight is 914 g/mol. The van der Waals surface area contributed by atoms with E-state index in [1.807, 2.05) is 77.4 Å². The zero-order valence-corrected chi connectivity index (χ0v) is 35.4. The van der Waals surface area contributed by atoms with Crippen molar-refractivity contribution in [2.24, 2.45) is 0 Å². The van der Waals surface area contributed by atoms with Crippen molar-refractivity contribution in [3.63, 3.8) is 0 Å². The number of aliphatic hydroxyl groups is 2. The molecule has 0 bridgehead atoms. The molecule has 18 heteroatoms. The maximum Gasteiger partial charge on any atom is 0.201 e. The van der Waals surface area contributed by atoms with Crippen LogP contribution in [0.3, 0.4) is 0 Å². The molecule has 8 aromatic rings. The molecule has 1 aliphatic heterocycles. The summed E-state index contributed by atoms with van der Waals surface area (Å²) in [7, 11) is 6.96. The standard InChI is InChI=1S/C50H40BN5O12/c51-38-34-32-25(13-14-27(57)41(32)62)56(39(34)40-35(45(38)66)33-26(17-29(59)44(65)46(33)67)55(40)21-9-5-2-6-10-21)24-12-11-20(50-52-49(53-54-50)19-7-3-1-4-8-19)15-22(24)23-16-28(58)42(63)36-37-43(64)30(60)18-31(61)48(37)68-47(23)36/h1-9,11-18,21-22,24,27,41,49-50,52-54,57-67H,10H2. The van der Waals surface area contributed by atoms with Crippen LogP contribution >= 0.6 is 0 Å². The first-order valence-electron chi connectivity index (χ1n) is 21.7. The molecular weight excluding hydrogens is 873 g/mol. The number of aromatic hydroxyl groups is 9. The number of hydrogen-bond donors (Lipinski definition) is 14. The van der Waals surface area contributed by atoms with Gasteiger partial charge in [-0.15, -0.1) is 0 Å². The minimum atomic E-state index is -1.59. The van der Waals surface area contributed by atoms with E-state index in [1.165, 1.54) is 18.2 Å². The number of nitrogens with one attached hydrogen (secondary N) is 3. The summed E-state index contributed by atoms with van der Waals surface area (Å²) in [6.45, 7) is 0. The molecular formula is C50H40BN5O12. The van der Waals surface area contributed by atoms with Gasteiger partial charge in [-0.3, -0.25) is 5.32 Å². The number of phenolic OH excluding ortho intramolecular Hbond substituents is 9. The zero-order valence-electron chi connectivity index (χ0n) is 35.4. The van der Waals surface area contributed by atoms with Crippen LogP contribution in [0.5, 0.6) is 51.7 Å². The lowest BCUT2D eigenvalue weighted by atomic mass is 9.83. The molecule has 1 saturated heterocycles. The first kappa shape index (κ1) is 41.4. The monoisotopic (exact) mass is 913 g/mol. The molecule has 68 heavy (non-hydrogen) atoms. The lowest BCUT2D eigenvalue weighted by Crippen LogP contribution is -2.36. The van der Waals surface area contributed by atoms with Gasteiger partial charge in [0.25, 0.3) is 0 Å². The molecule has 4 aliphatic rings.